The van der Waals surface area contributed by atoms with E-state index in [1.807, 2.05) is 13.0 Å². The molecule has 2 aromatic heterocycles. The van der Waals surface area contributed by atoms with Crippen LogP contribution in [0.4, 0.5) is 4.39 Å². The van der Waals surface area contributed by atoms with E-state index < -0.39 is 6.04 Å². The molecule has 6 nitrogen and oxygen atoms in total. The highest BCUT2D eigenvalue weighted by atomic mass is 19.1. The van der Waals surface area contributed by atoms with Gasteiger partial charge in [-0.1, -0.05) is 12.1 Å². The maximum atomic E-state index is 13.4. The second-order valence-corrected chi connectivity index (χ2v) is 7.21. The summed E-state index contributed by atoms with van der Waals surface area (Å²) in [6.45, 7) is 3.54. The van der Waals surface area contributed by atoms with Gasteiger partial charge in [0.25, 0.3) is 11.5 Å². The fourth-order valence-electron chi connectivity index (χ4n) is 3.46. The van der Waals surface area contributed by atoms with Crippen LogP contribution >= 0.6 is 0 Å². The average Bonchev–Trinajstić information content (AvgIpc) is 3.06. The Morgan fingerprint density at radius 1 is 1.13 bits per heavy atom. The number of aromatic nitrogens is 2. The number of nitrogens with zero attached hydrogens (tertiary/aromatic N) is 1. The second kappa shape index (κ2) is 7.94. The molecule has 0 fully saturated rings. The molecular weight excluding hydrogens is 385 g/mol. The lowest BCUT2D eigenvalue weighted by Crippen LogP contribution is -2.30. The SMILES string of the molecule is Cc1nc(C[C@H](NC(=O)c2ccc3oc(C)cc3c2)c2ccc(F)cc2)cc(=O)[nH]1. The number of carbonyl (C=O) groups is 1. The van der Waals surface area contributed by atoms with E-state index in [-0.39, 0.29) is 23.7 Å². The maximum absolute atomic E-state index is 13.4. The summed E-state index contributed by atoms with van der Waals surface area (Å²) in [7, 11) is 0. The van der Waals surface area contributed by atoms with Gasteiger partial charge in [-0.25, -0.2) is 9.37 Å². The quantitative estimate of drug-likeness (QED) is 0.526. The van der Waals surface area contributed by atoms with Crippen LogP contribution in [0.15, 0.2) is 63.8 Å². The molecule has 4 aromatic rings. The molecule has 2 N–H and O–H groups in total. The number of benzene rings is 2. The first kappa shape index (κ1) is 19.6. The van der Waals surface area contributed by atoms with Crippen LogP contribution in [0.3, 0.4) is 0 Å². The van der Waals surface area contributed by atoms with E-state index in [1.54, 1.807) is 37.3 Å². The fourth-order valence-corrected chi connectivity index (χ4v) is 3.46. The smallest absolute Gasteiger partial charge is 0.251 e. The van der Waals surface area contributed by atoms with E-state index in [4.69, 9.17) is 4.42 Å². The van der Waals surface area contributed by atoms with Crippen molar-refractivity contribution < 1.29 is 13.6 Å². The Hall–Kier alpha value is -3.74. The van der Waals surface area contributed by atoms with E-state index in [2.05, 4.69) is 15.3 Å². The lowest BCUT2D eigenvalue weighted by atomic mass is 10.0. The van der Waals surface area contributed by atoms with E-state index in [0.29, 0.717) is 28.2 Å². The third-order valence-electron chi connectivity index (χ3n) is 4.81. The van der Waals surface area contributed by atoms with Crippen molar-refractivity contribution in [2.24, 2.45) is 0 Å². The first-order valence-electron chi connectivity index (χ1n) is 9.51. The molecule has 0 saturated heterocycles. The van der Waals surface area contributed by atoms with Gasteiger partial charge in [-0.05, 0) is 55.8 Å². The molecule has 30 heavy (non-hydrogen) atoms. The van der Waals surface area contributed by atoms with Gasteiger partial charge in [-0.2, -0.15) is 0 Å². The number of hydrogen-bond donors (Lipinski definition) is 2. The van der Waals surface area contributed by atoms with Gasteiger partial charge >= 0.3 is 0 Å². The highest BCUT2D eigenvalue weighted by molar-refractivity contribution is 5.98. The Morgan fingerprint density at radius 2 is 1.90 bits per heavy atom. The highest BCUT2D eigenvalue weighted by Gasteiger charge is 2.18. The molecule has 2 aromatic carbocycles. The summed E-state index contributed by atoms with van der Waals surface area (Å²) >= 11 is 0. The predicted octanol–water partition coefficient (Wildman–Crippen LogP) is 3.99. The summed E-state index contributed by atoms with van der Waals surface area (Å²) in [4.78, 5) is 31.7. The molecule has 0 unspecified atom stereocenters. The van der Waals surface area contributed by atoms with Gasteiger partial charge in [0, 0.05) is 23.4 Å². The minimum absolute atomic E-state index is 0.262. The first-order chi connectivity index (χ1) is 14.4. The molecule has 0 aliphatic rings. The van der Waals surface area contributed by atoms with Crippen LogP contribution in [-0.2, 0) is 6.42 Å². The molecule has 1 atom stereocenters. The molecule has 0 radical (unpaired) electrons. The second-order valence-electron chi connectivity index (χ2n) is 7.21. The van der Waals surface area contributed by atoms with Gasteiger partial charge in [0.2, 0.25) is 0 Å². The summed E-state index contributed by atoms with van der Waals surface area (Å²) in [6.07, 6.45) is 0.287. The number of furan rings is 1. The largest absolute Gasteiger partial charge is 0.461 e. The number of H-pyrrole nitrogens is 1. The van der Waals surface area contributed by atoms with E-state index in [1.165, 1.54) is 18.2 Å². The van der Waals surface area contributed by atoms with Crippen LogP contribution in [0, 0.1) is 19.7 Å². The molecule has 4 rings (SSSR count). The summed E-state index contributed by atoms with van der Waals surface area (Å²) in [5, 5.41) is 3.82. The minimum Gasteiger partial charge on any atom is -0.461 e. The Labute approximate surface area is 171 Å². The highest BCUT2D eigenvalue weighted by Crippen LogP contribution is 2.22. The molecule has 0 aliphatic carbocycles. The molecule has 1 amide bonds. The molecule has 2 heterocycles. The molecule has 0 spiro atoms. The average molecular weight is 405 g/mol. The minimum atomic E-state index is -0.492. The normalized spacial score (nSPS) is 12.1. The van der Waals surface area contributed by atoms with E-state index in [9.17, 15) is 14.0 Å². The van der Waals surface area contributed by atoms with Crippen molar-refractivity contribution in [3.05, 3.63) is 99.2 Å². The number of nitrogens with one attached hydrogen (secondary N) is 2. The van der Waals surface area contributed by atoms with Crippen molar-refractivity contribution >= 4 is 16.9 Å². The summed E-state index contributed by atoms with van der Waals surface area (Å²) < 4.78 is 19.0. The monoisotopic (exact) mass is 405 g/mol. The summed E-state index contributed by atoms with van der Waals surface area (Å²) in [5.74, 6) is 0.603. The Bertz CT molecular complexity index is 1280. The number of aromatic amines is 1. The third-order valence-corrected chi connectivity index (χ3v) is 4.81. The van der Waals surface area contributed by atoms with Crippen molar-refractivity contribution in [1.82, 2.24) is 15.3 Å². The van der Waals surface area contributed by atoms with Crippen molar-refractivity contribution in [1.29, 1.82) is 0 Å². The van der Waals surface area contributed by atoms with Crippen LogP contribution in [0.1, 0.15) is 39.2 Å². The van der Waals surface area contributed by atoms with Crippen LogP contribution in [0.25, 0.3) is 11.0 Å². The van der Waals surface area contributed by atoms with Crippen LogP contribution < -0.4 is 10.9 Å². The number of halogens is 1. The number of hydrogen-bond acceptors (Lipinski definition) is 4. The van der Waals surface area contributed by atoms with Crippen molar-refractivity contribution in [3.63, 3.8) is 0 Å². The van der Waals surface area contributed by atoms with Gasteiger partial charge in [0.15, 0.2) is 0 Å². The van der Waals surface area contributed by atoms with Gasteiger partial charge in [0.05, 0.1) is 11.7 Å². The van der Waals surface area contributed by atoms with Gasteiger partial charge in [-0.3, -0.25) is 9.59 Å². The zero-order valence-electron chi connectivity index (χ0n) is 16.5. The summed E-state index contributed by atoms with van der Waals surface area (Å²) in [5.41, 5.74) is 2.17. The lowest BCUT2D eigenvalue weighted by Gasteiger charge is -2.19. The Balaban J connectivity index is 1.64. The van der Waals surface area contributed by atoms with Crippen LogP contribution in [0.2, 0.25) is 0 Å². The number of aryl methyl sites for hydroxylation is 2. The fraction of sp³-hybridized carbons (Fsp3) is 0.174. The first-order valence-corrected chi connectivity index (χ1v) is 9.51. The number of rotatable bonds is 5. The number of fused-ring (bicyclic) bond motifs is 1. The number of amides is 1. The van der Waals surface area contributed by atoms with E-state index >= 15 is 0 Å². The predicted molar refractivity (Wildman–Crippen MR) is 111 cm³/mol. The van der Waals surface area contributed by atoms with Crippen molar-refractivity contribution in [2.75, 3.05) is 0 Å². The Kier molecular flexibility index (Phi) is 5.18. The molecular formula is C23H20FN3O3. The van der Waals surface area contributed by atoms with Crippen molar-refractivity contribution in [2.45, 2.75) is 26.3 Å². The van der Waals surface area contributed by atoms with Gasteiger partial charge in [-0.15, -0.1) is 0 Å². The zero-order chi connectivity index (χ0) is 21.3. The maximum Gasteiger partial charge on any atom is 0.251 e. The summed E-state index contributed by atoms with van der Waals surface area (Å²) in [6, 6.07) is 13.9. The zero-order valence-corrected chi connectivity index (χ0v) is 16.5. The van der Waals surface area contributed by atoms with Crippen molar-refractivity contribution in [3.8, 4) is 0 Å². The van der Waals surface area contributed by atoms with Crippen LogP contribution in [0.5, 0.6) is 0 Å². The van der Waals surface area contributed by atoms with Gasteiger partial charge in [0.1, 0.15) is 23.0 Å². The third kappa shape index (κ3) is 4.30. The molecule has 7 heteroatoms. The topological polar surface area (TPSA) is 88.0 Å². The lowest BCUT2D eigenvalue weighted by molar-refractivity contribution is 0.0936. The standard InChI is InChI=1S/C23H20FN3O3/c1-13-9-17-10-16(5-8-21(17)30-13)23(29)27-20(15-3-6-18(24)7-4-15)11-19-12-22(28)26-14(2)25-19/h3-10,12,20H,11H2,1-2H3,(H,27,29)(H,25,26,28)/t20-/m0/s1. The number of carbonyl (C=O) groups excluding carboxylic acids is 1. The van der Waals surface area contributed by atoms with E-state index in [0.717, 1.165) is 11.1 Å². The molecule has 0 bridgehead atoms. The molecule has 0 aliphatic heterocycles. The van der Waals surface area contributed by atoms with Crippen LogP contribution in [-0.4, -0.2) is 15.9 Å². The van der Waals surface area contributed by atoms with Gasteiger partial charge < -0.3 is 14.7 Å². The Morgan fingerprint density at radius 3 is 2.63 bits per heavy atom. The molecule has 152 valence electrons. The molecule has 0 saturated carbocycles.